The van der Waals surface area contributed by atoms with Crippen LogP contribution in [-0.2, 0) is 19.1 Å². The van der Waals surface area contributed by atoms with Gasteiger partial charge >= 0.3 is 5.97 Å². The van der Waals surface area contributed by atoms with E-state index in [2.05, 4.69) is 10.1 Å². The quantitative estimate of drug-likeness (QED) is 0.538. The van der Waals surface area contributed by atoms with Gasteiger partial charge in [0.2, 0.25) is 11.8 Å². The van der Waals surface area contributed by atoms with Gasteiger partial charge in [-0.15, -0.1) is 0 Å². The Kier molecular flexibility index (Phi) is 3.36. The number of rotatable bonds is 4. The van der Waals surface area contributed by atoms with Gasteiger partial charge in [0.1, 0.15) is 6.04 Å². The molecule has 2 bridgehead atoms. The van der Waals surface area contributed by atoms with Crippen molar-refractivity contribution in [3.05, 3.63) is 12.2 Å². The minimum atomic E-state index is -0.802. The lowest BCUT2D eigenvalue weighted by atomic mass is 10.1. The first-order chi connectivity index (χ1) is 8.52. The van der Waals surface area contributed by atoms with Crippen molar-refractivity contribution in [1.82, 2.24) is 10.2 Å². The van der Waals surface area contributed by atoms with Gasteiger partial charge < -0.3 is 15.0 Å². The number of nitrogens with one attached hydrogen (secondary N) is 1. The molecule has 3 unspecified atom stereocenters. The predicted octanol–water partition coefficient (Wildman–Crippen LogP) is -0.549. The fourth-order valence-electron chi connectivity index (χ4n) is 2.46. The summed E-state index contributed by atoms with van der Waals surface area (Å²) in [4.78, 5) is 36.1. The first-order valence-corrected chi connectivity index (χ1v) is 5.86. The van der Waals surface area contributed by atoms with Crippen molar-refractivity contribution < 1.29 is 19.1 Å². The van der Waals surface area contributed by atoms with Gasteiger partial charge in [-0.2, -0.15) is 0 Å². The molecule has 1 fully saturated rings. The van der Waals surface area contributed by atoms with Crippen molar-refractivity contribution in [1.29, 1.82) is 0 Å². The van der Waals surface area contributed by atoms with Crippen LogP contribution in [0.4, 0.5) is 0 Å². The zero-order valence-corrected chi connectivity index (χ0v) is 10.4. The molecule has 18 heavy (non-hydrogen) atoms. The maximum atomic E-state index is 11.9. The number of fused-ring (bicyclic) bond motifs is 2. The Balaban J connectivity index is 2.05. The van der Waals surface area contributed by atoms with Gasteiger partial charge in [-0.3, -0.25) is 9.59 Å². The van der Waals surface area contributed by atoms with Crippen LogP contribution in [0.1, 0.15) is 13.3 Å². The van der Waals surface area contributed by atoms with Crippen LogP contribution in [0.3, 0.4) is 0 Å². The molecular formula is C12H16N2O4. The molecule has 1 saturated heterocycles. The normalized spacial score (nSPS) is 26.3. The van der Waals surface area contributed by atoms with E-state index in [-0.39, 0.29) is 30.3 Å². The summed E-state index contributed by atoms with van der Waals surface area (Å²) in [6, 6.07) is -0.757. The van der Waals surface area contributed by atoms with E-state index in [0.29, 0.717) is 0 Å². The highest BCUT2D eigenvalue weighted by molar-refractivity contribution is 5.87. The second kappa shape index (κ2) is 4.80. The third kappa shape index (κ3) is 2.23. The maximum absolute atomic E-state index is 11.9. The van der Waals surface area contributed by atoms with E-state index in [1.54, 1.807) is 4.90 Å². The third-order valence-electron chi connectivity index (χ3n) is 3.30. The molecule has 1 heterocycles. The Bertz CT molecular complexity index is 418. The van der Waals surface area contributed by atoms with Gasteiger partial charge in [0.05, 0.1) is 25.6 Å². The molecule has 6 heteroatoms. The number of hydrogen-bond donors (Lipinski definition) is 1. The van der Waals surface area contributed by atoms with Crippen molar-refractivity contribution in [2.24, 2.45) is 5.92 Å². The molecule has 0 saturated carbocycles. The van der Waals surface area contributed by atoms with E-state index in [4.69, 9.17) is 0 Å². The summed E-state index contributed by atoms with van der Waals surface area (Å²) in [6.45, 7) is 1.49. The Hall–Kier alpha value is -1.85. The van der Waals surface area contributed by atoms with E-state index < -0.39 is 12.0 Å². The molecule has 0 aromatic carbocycles. The molecule has 1 aliphatic heterocycles. The lowest BCUT2D eigenvalue weighted by molar-refractivity contribution is -0.146. The summed E-state index contributed by atoms with van der Waals surface area (Å²) in [5.41, 5.74) is 0. The summed E-state index contributed by atoms with van der Waals surface area (Å²) in [5.74, 6) is -0.908. The molecule has 2 amide bonds. The number of amides is 2. The van der Waals surface area contributed by atoms with Gasteiger partial charge in [-0.1, -0.05) is 12.2 Å². The molecule has 0 spiro atoms. The molecule has 98 valence electrons. The first kappa shape index (κ1) is 12.6. The minimum absolute atomic E-state index is 0.0155. The smallest absolute Gasteiger partial charge is 0.330 e. The summed E-state index contributed by atoms with van der Waals surface area (Å²) in [6.07, 6.45) is 4.63. The Morgan fingerprint density at radius 3 is 2.78 bits per heavy atom. The second-order valence-electron chi connectivity index (χ2n) is 4.56. The van der Waals surface area contributed by atoms with Crippen LogP contribution in [0.15, 0.2) is 12.2 Å². The fourth-order valence-corrected chi connectivity index (χ4v) is 2.46. The molecule has 0 aromatic rings. The Labute approximate surface area is 105 Å². The van der Waals surface area contributed by atoms with Gasteiger partial charge in [0, 0.05) is 6.92 Å². The predicted molar refractivity (Wildman–Crippen MR) is 62.4 cm³/mol. The van der Waals surface area contributed by atoms with Crippen molar-refractivity contribution >= 4 is 17.8 Å². The van der Waals surface area contributed by atoms with Gasteiger partial charge in [-0.25, -0.2) is 4.79 Å². The molecule has 1 aliphatic carbocycles. The average molecular weight is 252 g/mol. The highest BCUT2D eigenvalue weighted by atomic mass is 16.5. The van der Waals surface area contributed by atoms with Crippen LogP contribution in [0.2, 0.25) is 0 Å². The highest BCUT2D eigenvalue weighted by Crippen LogP contribution is 2.32. The number of esters is 1. The monoisotopic (exact) mass is 252 g/mol. The van der Waals surface area contributed by atoms with Crippen molar-refractivity contribution in [2.45, 2.75) is 25.4 Å². The molecule has 3 atom stereocenters. The van der Waals surface area contributed by atoms with Crippen molar-refractivity contribution in [3.63, 3.8) is 0 Å². The third-order valence-corrected chi connectivity index (χ3v) is 3.30. The SMILES string of the molecule is COC(=O)C(CN1C(=O)C2C=CC1C2)NC(C)=O. The van der Waals surface area contributed by atoms with E-state index in [1.165, 1.54) is 14.0 Å². The lowest BCUT2D eigenvalue weighted by Crippen LogP contribution is -2.51. The summed E-state index contributed by atoms with van der Waals surface area (Å²) >= 11 is 0. The fraction of sp³-hybridized carbons (Fsp3) is 0.583. The van der Waals surface area contributed by atoms with Crippen molar-refractivity contribution in [2.75, 3.05) is 13.7 Å². The van der Waals surface area contributed by atoms with E-state index in [1.807, 2.05) is 12.2 Å². The molecule has 6 nitrogen and oxygen atoms in total. The molecule has 2 aliphatic rings. The molecule has 2 rings (SSSR count). The molecule has 1 N–H and O–H groups in total. The van der Waals surface area contributed by atoms with Crippen LogP contribution in [-0.4, -0.2) is 48.4 Å². The highest BCUT2D eigenvalue weighted by Gasteiger charge is 2.42. The Morgan fingerprint density at radius 1 is 1.56 bits per heavy atom. The van der Waals surface area contributed by atoms with Crippen LogP contribution in [0, 0.1) is 5.92 Å². The Morgan fingerprint density at radius 2 is 2.28 bits per heavy atom. The zero-order chi connectivity index (χ0) is 13.3. The van der Waals surface area contributed by atoms with E-state index in [0.717, 1.165) is 6.42 Å². The van der Waals surface area contributed by atoms with Crippen LogP contribution >= 0.6 is 0 Å². The topological polar surface area (TPSA) is 75.7 Å². The van der Waals surface area contributed by atoms with Crippen LogP contribution in [0.5, 0.6) is 0 Å². The van der Waals surface area contributed by atoms with Gasteiger partial charge in [0.25, 0.3) is 0 Å². The number of carbonyl (C=O) groups is 3. The standard InChI is InChI=1S/C12H16N2O4/c1-7(15)13-10(12(17)18-2)6-14-9-4-3-8(5-9)11(14)16/h3-4,8-10H,5-6H2,1-2H3,(H,13,15). The number of ether oxygens (including phenoxy) is 1. The number of likely N-dealkylation sites (tertiary alicyclic amines) is 1. The lowest BCUT2D eigenvalue weighted by Gasteiger charge is -2.27. The molecule has 0 radical (unpaired) electrons. The van der Waals surface area contributed by atoms with Crippen molar-refractivity contribution in [3.8, 4) is 0 Å². The number of hydrogen-bond acceptors (Lipinski definition) is 4. The number of nitrogens with zero attached hydrogens (tertiary/aromatic N) is 1. The average Bonchev–Trinajstić information content (AvgIpc) is 2.90. The van der Waals surface area contributed by atoms with Crippen LogP contribution in [0.25, 0.3) is 0 Å². The summed E-state index contributed by atoms with van der Waals surface area (Å²) < 4.78 is 4.63. The van der Waals surface area contributed by atoms with E-state index in [9.17, 15) is 14.4 Å². The first-order valence-electron chi connectivity index (χ1n) is 5.86. The second-order valence-corrected chi connectivity index (χ2v) is 4.56. The van der Waals surface area contributed by atoms with Crippen LogP contribution < -0.4 is 5.32 Å². The van der Waals surface area contributed by atoms with Gasteiger partial charge in [-0.05, 0) is 6.42 Å². The zero-order valence-electron chi connectivity index (χ0n) is 10.4. The minimum Gasteiger partial charge on any atom is -0.467 e. The number of carbonyl (C=O) groups excluding carboxylic acids is 3. The molecule has 0 aromatic heterocycles. The number of methoxy groups -OCH3 is 1. The largest absolute Gasteiger partial charge is 0.467 e. The molecular weight excluding hydrogens is 236 g/mol. The summed E-state index contributed by atoms with van der Waals surface area (Å²) in [5, 5.41) is 2.51. The maximum Gasteiger partial charge on any atom is 0.330 e. The van der Waals surface area contributed by atoms with E-state index >= 15 is 0 Å². The summed E-state index contributed by atoms with van der Waals surface area (Å²) in [7, 11) is 1.26. The van der Waals surface area contributed by atoms with Gasteiger partial charge in [0.15, 0.2) is 0 Å².